The highest BCUT2D eigenvalue weighted by atomic mass is 35.5. The standard InChI is InChI=1S/C24H27Cl3N4O/c1-2-19-22(24(32)29-30-13-5-3-4-6-14-30)28-31(21-12-11-18(26)15-20(21)27)23(19)16-7-9-17(25)10-8-16/h7-12,15,19,23H,2-6,13-14H2,1H3,(H,29,32)/t19-,23+/m0/s1. The summed E-state index contributed by atoms with van der Waals surface area (Å²) in [6.45, 7) is 3.81. The van der Waals surface area contributed by atoms with E-state index in [0.717, 1.165) is 37.9 Å². The molecule has 2 atom stereocenters. The number of halogens is 3. The van der Waals surface area contributed by atoms with Crippen molar-refractivity contribution in [1.82, 2.24) is 10.4 Å². The van der Waals surface area contributed by atoms with E-state index in [0.29, 0.717) is 26.5 Å². The number of amides is 1. The summed E-state index contributed by atoms with van der Waals surface area (Å²) in [5.74, 6) is -0.250. The number of hydrogen-bond donors (Lipinski definition) is 1. The fraction of sp³-hybridized carbons (Fsp3) is 0.417. The van der Waals surface area contributed by atoms with Crippen LogP contribution in [0.1, 0.15) is 50.6 Å². The highest BCUT2D eigenvalue weighted by molar-refractivity contribution is 6.41. The lowest BCUT2D eigenvalue weighted by Gasteiger charge is -2.29. The molecule has 2 aliphatic rings. The van der Waals surface area contributed by atoms with Gasteiger partial charge >= 0.3 is 0 Å². The number of carbonyl (C=O) groups is 1. The van der Waals surface area contributed by atoms with Gasteiger partial charge in [0.1, 0.15) is 5.71 Å². The van der Waals surface area contributed by atoms with Gasteiger partial charge in [-0.3, -0.25) is 15.2 Å². The molecule has 1 amide bonds. The van der Waals surface area contributed by atoms with Crippen LogP contribution in [0.5, 0.6) is 0 Å². The molecule has 2 aliphatic heterocycles. The molecule has 170 valence electrons. The molecular weight excluding hydrogens is 467 g/mol. The maximum absolute atomic E-state index is 13.4. The van der Waals surface area contributed by atoms with E-state index in [9.17, 15) is 4.79 Å². The molecule has 0 saturated carbocycles. The van der Waals surface area contributed by atoms with Crippen molar-refractivity contribution >= 4 is 52.1 Å². The third-order valence-electron chi connectivity index (χ3n) is 6.12. The van der Waals surface area contributed by atoms with E-state index < -0.39 is 0 Å². The molecule has 2 aromatic carbocycles. The molecule has 2 aromatic rings. The van der Waals surface area contributed by atoms with Crippen molar-refractivity contribution in [3.05, 3.63) is 63.1 Å². The second kappa shape index (κ2) is 10.4. The first-order valence-corrected chi connectivity index (χ1v) is 12.3. The molecule has 0 aliphatic carbocycles. The Kier molecular flexibility index (Phi) is 7.62. The van der Waals surface area contributed by atoms with Gasteiger partial charge in [0.15, 0.2) is 0 Å². The van der Waals surface area contributed by atoms with Gasteiger partial charge in [-0.15, -0.1) is 0 Å². The van der Waals surface area contributed by atoms with Gasteiger partial charge in [0.05, 0.1) is 16.8 Å². The molecule has 0 unspecified atom stereocenters. The van der Waals surface area contributed by atoms with Crippen molar-refractivity contribution in [1.29, 1.82) is 0 Å². The summed E-state index contributed by atoms with van der Waals surface area (Å²) >= 11 is 18.8. The number of rotatable bonds is 5. The number of benzene rings is 2. The fourth-order valence-electron chi connectivity index (χ4n) is 4.49. The molecule has 32 heavy (non-hydrogen) atoms. The summed E-state index contributed by atoms with van der Waals surface area (Å²) in [5, 5.41) is 10.4. The predicted octanol–water partition coefficient (Wildman–Crippen LogP) is 6.50. The summed E-state index contributed by atoms with van der Waals surface area (Å²) in [5.41, 5.74) is 5.36. The van der Waals surface area contributed by atoms with Gasteiger partial charge in [0.2, 0.25) is 0 Å². The van der Waals surface area contributed by atoms with Crippen LogP contribution in [0.2, 0.25) is 15.1 Å². The molecule has 2 heterocycles. The maximum atomic E-state index is 13.4. The van der Waals surface area contributed by atoms with Gasteiger partial charge in [-0.1, -0.05) is 66.7 Å². The fourth-order valence-corrected chi connectivity index (χ4v) is 5.11. The van der Waals surface area contributed by atoms with Crippen LogP contribution in [-0.2, 0) is 4.79 Å². The molecule has 8 heteroatoms. The number of nitrogens with zero attached hydrogens (tertiary/aromatic N) is 3. The predicted molar refractivity (Wildman–Crippen MR) is 133 cm³/mol. The largest absolute Gasteiger partial charge is 0.284 e. The molecule has 5 nitrogen and oxygen atoms in total. The Balaban J connectivity index is 1.70. The molecule has 0 aromatic heterocycles. The average molecular weight is 494 g/mol. The molecule has 0 radical (unpaired) electrons. The Morgan fingerprint density at radius 2 is 1.66 bits per heavy atom. The van der Waals surface area contributed by atoms with Gasteiger partial charge in [0, 0.05) is 29.1 Å². The topological polar surface area (TPSA) is 47.9 Å². The zero-order valence-electron chi connectivity index (χ0n) is 18.0. The average Bonchev–Trinajstić information content (AvgIpc) is 2.96. The zero-order valence-corrected chi connectivity index (χ0v) is 20.3. The molecular formula is C24H27Cl3N4O. The van der Waals surface area contributed by atoms with E-state index in [1.807, 2.05) is 40.3 Å². The Labute approximate surface area is 204 Å². The summed E-state index contributed by atoms with van der Waals surface area (Å²) in [4.78, 5) is 13.4. The smallest absolute Gasteiger partial charge is 0.282 e. The summed E-state index contributed by atoms with van der Waals surface area (Å²) in [6.07, 6.45) is 5.33. The van der Waals surface area contributed by atoms with E-state index in [4.69, 9.17) is 39.9 Å². The van der Waals surface area contributed by atoms with Crippen LogP contribution < -0.4 is 10.4 Å². The monoisotopic (exact) mass is 492 g/mol. The van der Waals surface area contributed by atoms with Crippen LogP contribution in [0.15, 0.2) is 47.6 Å². The van der Waals surface area contributed by atoms with Crippen molar-refractivity contribution in [2.24, 2.45) is 11.0 Å². The van der Waals surface area contributed by atoms with Crippen LogP contribution in [0.25, 0.3) is 0 Å². The third-order valence-corrected chi connectivity index (χ3v) is 6.91. The third kappa shape index (κ3) is 5.07. The van der Waals surface area contributed by atoms with Crippen LogP contribution in [-0.4, -0.2) is 29.7 Å². The number of anilines is 1. The Bertz CT molecular complexity index is 987. The molecule has 1 saturated heterocycles. The zero-order chi connectivity index (χ0) is 22.7. The Morgan fingerprint density at radius 1 is 1.00 bits per heavy atom. The lowest BCUT2D eigenvalue weighted by atomic mass is 9.87. The number of carbonyl (C=O) groups excluding carboxylic acids is 1. The highest BCUT2D eigenvalue weighted by Gasteiger charge is 2.42. The van der Waals surface area contributed by atoms with Crippen molar-refractivity contribution in [2.75, 3.05) is 18.1 Å². The second-order valence-corrected chi connectivity index (χ2v) is 9.56. The quantitative estimate of drug-likeness (QED) is 0.517. The van der Waals surface area contributed by atoms with E-state index in [1.165, 1.54) is 12.8 Å². The SMILES string of the molecule is CC[C@H]1C(C(=O)NN2CCCCCC2)=NN(c2ccc(Cl)cc2Cl)[C@@H]1c1ccc(Cl)cc1. The minimum absolute atomic E-state index is 0.102. The Morgan fingerprint density at radius 3 is 2.28 bits per heavy atom. The molecule has 0 bridgehead atoms. The minimum Gasteiger partial charge on any atom is -0.284 e. The van der Waals surface area contributed by atoms with E-state index in [2.05, 4.69) is 12.3 Å². The number of hydrazine groups is 1. The van der Waals surface area contributed by atoms with Crippen LogP contribution >= 0.6 is 34.8 Å². The number of nitrogens with one attached hydrogen (secondary N) is 1. The first-order chi connectivity index (χ1) is 15.5. The van der Waals surface area contributed by atoms with Crippen LogP contribution in [0, 0.1) is 5.92 Å². The van der Waals surface area contributed by atoms with Crippen molar-refractivity contribution in [3.8, 4) is 0 Å². The van der Waals surface area contributed by atoms with E-state index in [-0.39, 0.29) is 17.9 Å². The lowest BCUT2D eigenvalue weighted by molar-refractivity contribution is -0.119. The number of hydrazone groups is 1. The summed E-state index contributed by atoms with van der Waals surface area (Å²) in [7, 11) is 0. The van der Waals surface area contributed by atoms with Crippen molar-refractivity contribution < 1.29 is 4.79 Å². The first-order valence-electron chi connectivity index (χ1n) is 11.1. The molecule has 4 rings (SSSR count). The lowest BCUT2D eigenvalue weighted by Crippen LogP contribution is -2.47. The molecule has 1 N–H and O–H groups in total. The first kappa shape index (κ1) is 23.4. The summed E-state index contributed by atoms with van der Waals surface area (Å²) < 4.78 is 0. The Hall–Kier alpha value is -1.79. The van der Waals surface area contributed by atoms with Crippen LogP contribution in [0.4, 0.5) is 5.69 Å². The van der Waals surface area contributed by atoms with Gasteiger partial charge in [0.25, 0.3) is 5.91 Å². The minimum atomic E-state index is -0.180. The van der Waals surface area contributed by atoms with Crippen molar-refractivity contribution in [2.45, 2.75) is 45.1 Å². The summed E-state index contributed by atoms with van der Waals surface area (Å²) in [6, 6.07) is 12.8. The van der Waals surface area contributed by atoms with Gasteiger partial charge in [-0.25, -0.2) is 5.01 Å². The second-order valence-electron chi connectivity index (χ2n) is 8.28. The van der Waals surface area contributed by atoms with Crippen LogP contribution in [0.3, 0.4) is 0 Å². The van der Waals surface area contributed by atoms with Gasteiger partial charge < -0.3 is 0 Å². The molecule has 0 spiro atoms. The van der Waals surface area contributed by atoms with Crippen molar-refractivity contribution in [3.63, 3.8) is 0 Å². The number of hydrogen-bond acceptors (Lipinski definition) is 4. The molecule has 1 fully saturated rings. The van der Waals surface area contributed by atoms with E-state index in [1.54, 1.807) is 12.1 Å². The highest BCUT2D eigenvalue weighted by Crippen LogP contribution is 2.43. The van der Waals surface area contributed by atoms with Gasteiger partial charge in [-0.2, -0.15) is 5.10 Å². The van der Waals surface area contributed by atoms with E-state index >= 15 is 0 Å². The normalized spacial score (nSPS) is 21.9. The maximum Gasteiger partial charge on any atom is 0.282 e. The van der Waals surface area contributed by atoms with Gasteiger partial charge in [-0.05, 0) is 55.2 Å².